The molecule has 1 rings (SSSR count). The average molecular weight is 221 g/mol. The lowest BCUT2D eigenvalue weighted by atomic mass is 10.2. The van der Waals surface area contributed by atoms with Gasteiger partial charge in [-0.3, -0.25) is 4.79 Å². The molecule has 1 N–H and O–H groups in total. The van der Waals surface area contributed by atoms with Gasteiger partial charge in [-0.15, -0.1) is 0 Å². The normalized spacial score (nSPS) is 12.3. The van der Waals surface area contributed by atoms with E-state index in [9.17, 15) is 4.79 Å². The molecule has 3 heteroatoms. The van der Waals surface area contributed by atoms with Crippen molar-refractivity contribution in [2.24, 2.45) is 0 Å². The van der Waals surface area contributed by atoms with Crippen LogP contribution in [0.2, 0.25) is 0 Å². The molecule has 0 heterocycles. The van der Waals surface area contributed by atoms with Crippen molar-refractivity contribution in [3.05, 3.63) is 29.8 Å². The first-order chi connectivity index (χ1) is 7.49. The van der Waals surface area contributed by atoms with Crippen molar-refractivity contribution < 1.29 is 9.53 Å². The number of hydrogen-bond donors (Lipinski definition) is 1. The number of amides is 1. The lowest BCUT2D eigenvalue weighted by Crippen LogP contribution is -2.40. The highest BCUT2D eigenvalue weighted by Gasteiger charge is 2.14. The molecule has 0 spiro atoms. The molecular weight excluding hydrogens is 202 g/mol. The summed E-state index contributed by atoms with van der Waals surface area (Å²) in [5.41, 5.74) is 1.12. The number of nitrogens with one attached hydrogen (secondary N) is 1. The fourth-order valence-corrected chi connectivity index (χ4v) is 1.35. The summed E-state index contributed by atoms with van der Waals surface area (Å²) in [6.45, 7) is 7.60. The van der Waals surface area contributed by atoms with Gasteiger partial charge in [0.1, 0.15) is 5.75 Å². The molecule has 1 atom stereocenters. The summed E-state index contributed by atoms with van der Waals surface area (Å²) in [5.74, 6) is 0.642. The number of rotatable bonds is 4. The van der Waals surface area contributed by atoms with E-state index in [0.717, 1.165) is 11.3 Å². The van der Waals surface area contributed by atoms with E-state index in [1.807, 2.05) is 45.0 Å². The summed E-state index contributed by atoms with van der Waals surface area (Å²) in [6.07, 6.45) is -0.468. The highest BCUT2D eigenvalue weighted by molar-refractivity contribution is 5.80. The second-order valence-corrected chi connectivity index (χ2v) is 4.24. The molecule has 0 aliphatic rings. The Kier molecular flexibility index (Phi) is 4.35. The SMILES string of the molecule is Cc1cccc(OC(C)C(=O)NC(C)C)c1. The van der Waals surface area contributed by atoms with E-state index in [-0.39, 0.29) is 11.9 Å². The number of benzene rings is 1. The maximum atomic E-state index is 11.6. The molecule has 0 aromatic heterocycles. The molecule has 0 saturated heterocycles. The molecule has 0 saturated carbocycles. The van der Waals surface area contributed by atoms with Crippen LogP contribution in [0, 0.1) is 6.92 Å². The van der Waals surface area contributed by atoms with Crippen LogP contribution in [-0.4, -0.2) is 18.1 Å². The molecule has 0 aliphatic carbocycles. The smallest absolute Gasteiger partial charge is 0.260 e. The third-order valence-corrected chi connectivity index (χ3v) is 2.10. The number of carbonyl (C=O) groups excluding carboxylic acids is 1. The predicted molar refractivity (Wildman–Crippen MR) is 64.5 cm³/mol. The van der Waals surface area contributed by atoms with Crippen molar-refractivity contribution in [1.29, 1.82) is 0 Å². The van der Waals surface area contributed by atoms with Gasteiger partial charge < -0.3 is 10.1 Å². The lowest BCUT2D eigenvalue weighted by Gasteiger charge is -2.16. The van der Waals surface area contributed by atoms with Crippen molar-refractivity contribution >= 4 is 5.91 Å². The summed E-state index contributed by atoms with van der Waals surface area (Å²) in [7, 11) is 0. The summed E-state index contributed by atoms with van der Waals surface area (Å²) in [5, 5.41) is 2.81. The number of carbonyl (C=O) groups is 1. The molecule has 0 fully saturated rings. The Balaban J connectivity index is 2.57. The monoisotopic (exact) mass is 221 g/mol. The minimum atomic E-state index is -0.468. The maximum absolute atomic E-state index is 11.6. The van der Waals surface area contributed by atoms with Crippen LogP contribution in [0.25, 0.3) is 0 Å². The van der Waals surface area contributed by atoms with E-state index in [2.05, 4.69) is 5.32 Å². The minimum absolute atomic E-state index is 0.0866. The van der Waals surface area contributed by atoms with Gasteiger partial charge >= 0.3 is 0 Å². The van der Waals surface area contributed by atoms with Gasteiger partial charge in [0, 0.05) is 6.04 Å². The molecule has 1 unspecified atom stereocenters. The highest BCUT2D eigenvalue weighted by Crippen LogP contribution is 2.14. The third kappa shape index (κ3) is 3.93. The summed E-state index contributed by atoms with van der Waals surface area (Å²) >= 11 is 0. The van der Waals surface area contributed by atoms with Gasteiger partial charge in [-0.1, -0.05) is 12.1 Å². The van der Waals surface area contributed by atoms with Gasteiger partial charge in [0.2, 0.25) is 0 Å². The Morgan fingerprint density at radius 1 is 1.31 bits per heavy atom. The molecule has 0 bridgehead atoms. The first-order valence-corrected chi connectivity index (χ1v) is 5.52. The zero-order valence-electron chi connectivity index (χ0n) is 10.3. The summed E-state index contributed by atoms with van der Waals surface area (Å²) in [6, 6.07) is 7.81. The van der Waals surface area contributed by atoms with Gasteiger partial charge in [0.25, 0.3) is 5.91 Å². The van der Waals surface area contributed by atoms with E-state index < -0.39 is 6.10 Å². The van der Waals surface area contributed by atoms with Gasteiger partial charge in [0.15, 0.2) is 6.10 Å². The van der Waals surface area contributed by atoms with Crippen molar-refractivity contribution in [1.82, 2.24) is 5.32 Å². The molecule has 0 aliphatic heterocycles. The van der Waals surface area contributed by atoms with Gasteiger partial charge in [-0.25, -0.2) is 0 Å². The van der Waals surface area contributed by atoms with Gasteiger partial charge in [-0.2, -0.15) is 0 Å². The van der Waals surface area contributed by atoms with E-state index in [4.69, 9.17) is 4.74 Å². The van der Waals surface area contributed by atoms with E-state index in [1.54, 1.807) is 6.92 Å². The second kappa shape index (κ2) is 5.54. The van der Waals surface area contributed by atoms with Crippen LogP contribution >= 0.6 is 0 Å². The van der Waals surface area contributed by atoms with Gasteiger partial charge in [-0.05, 0) is 45.4 Å². The minimum Gasteiger partial charge on any atom is -0.481 e. The average Bonchev–Trinajstić information content (AvgIpc) is 2.16. The highest BCUT2D eigenvalue weighted by atomic mass is 16.5. The topological polar surface area (TPSA) is 38.3 Å². The molecule has 16 heavy (non-hydrogen) atoms. The Morgan fingerprint density at radius 2 is 2.00 bits per heavy atom. The van der Waals surface area contributed by atoms with Crippen LogP contribution in [0.15, 0.2) is 24.3 Å². The Morgan fingerprint density at radius 3 is 2.56 bits per heavy atom. The molecule has 0 radical (unpaired) electrons. The Hall–Kier alpha value is -1.51. The molecule has 88 valence electrons. The van der Waals surface area contributed by atoms with Crippen LogP contribution in [-0.2, 0) is 4.79 Å². The fraction of sp³-hybridized carbons (Fsp3) is 0.462. The largest absolute Gasteiger partial charge is 0.481 e. The van der Waals surface area contributed by atoms with Crippen molar-refractivity contribution in [3.63, 3.8) is 0 Å². The second-order valence-electron chi connectivity index (χ2n) is 4.24. The van der Waals surface area contributed by atoms with E-state index in [1.165, 1.54) is 0 Å². The number of ether oxygens (including phenoxy) is 1. The Bertz CT molecular complexity index is 361. The van der Waals surface area contributed by atoms with Crippen molar-refractivity contribution in [2.75, 3.05) is 0 Å². The van der Waals surface area contributed by atoms with Crippen LogP contribution in [0.4, 0.5) is 0 Å². The standard InChI is InChI=1S/C13H19NO2/c1-9(2)14-13(15)11(4)16-12-7-5-6-10(3)8-12/h5-9,11H,1-4H3,(H,14,15). The predicted octanol–water partition coefficient (Wildman–Crippen LogP) is 2.29. The van der Waals surface area contributed by atoms with Crippen molar-refractivity contribution in [3.8, 4) is 5.75 Å². The molecule has 1 aromatic carbocycles. The van der Waals surface area contributed by atoms with Crippen LogP contribution in [0.3, 0.4) is 0 Å². The zero-order valence-corrected chi connectivity index (χ0v) is 10.3. The lowest BCUT2D eigenvalue weighted by molar-refractivity contribution is -0.127. The van der Waals surface area contributed by atoms with Crippen LogP contribution in [0.5, 0.6) is 5.75 Å². The number of aryl methyl sites for hydroxylation is 1. The Labute approximate surface area is 96.8 Å². The maximum Gasteiger partial charge on any atom is 0.260 e. The molecular formula is C13H19NO2. The molecule has 1 aromatic rings. The third-order valence-electron chi connectivity index (χ3n) is 2.10. The first kappa shape index (κ1) is 12.6. The molecule has 3 nitrogen and oxygen atoms in total. The van der Waals surface area contributed by atoms with Crippen LogP contribution in [0.1, 0.15) is 26.3 Å². The van der Waals surface area contributed by atoms with Crippen molar-refractivity contribution in [2.45, 2.75) is 39.8 Å². The van der Waals surface area contributed by atoms with Gasteiger partial charge in [0.05, 0.1) is 0 Å². The fourth-order valence-electron chi connectivity index (χ4n) is 1.35. The number of hydrogen-bond acceptors (Lipinski definition) is 2. The van der Waals surface area contributed by atoms with Crippen LogP contribution < -0.4 is 10.1 Å². The molecule has 1 amide bonds. The summed E-state index contributed by atoms with van der Waals surface area (Å²) < 4.78 is 5.55. The summed E-state index contributed by atoms with van der Waals surface area (Å²) in [4.78, 5) is 11.6. The quantitative estimate of drug-likeness (QED) is 0.847. The first-order valence-electron chi connectivity index (χ1n) is 5.52. The van der Waals surface area contributed by atoms with E-state index >= 15 is 0 Å². The zero-order chi connectivity index (χ0) is 12.1. The van der Waals surface area contributed by atoms with E-state index in [0.29, 0.717) is 0 Å².